The van der Waals surface area contributed by atoms with E-state index in [-0.39, 0.29) is 12.6 Å². The van der Waals surface area contributed by atoms with Crippen LogP contribution in [0.3, 0.4) is 0 Å². The number of hydrogen-bond acceptors (Lipinski definition) is 3. The number of anilines is 1. The fourth-order valence-corrected chi connectivity index (χ4v) is 2.05. The molecule has 0 fully saturated rings. The lowest BCUT2D eigenvalue weighted by Crippen LogP contribution is -2.43. The third-order valence-corrected chi connectivity index (χ3v) is 2.88. The molecule has 1 aromatic rings. The van der Waals surface area contributed by atoms with Crippen molar-refractivity contribution < 1.29 is 27.4 Å². The molecule has 0 spiro atoms. The van der Waals surface area contributed by atoms with Crippen LogP contribution in [0.2, 0.25) is 0 Å². The molecule has 1 aliphatic heterocycles. The summed E-state index contributed by atoms with van der Waals surface area (Å²) in [5.41, 5.74) is 0.302. The monoisotopic (exact) mass is 289 g/mol. The van der Waals surface area contributed by atoms with Crippen molar-refractivity contribution in [2.45, 2.75) is 25.6 Å². The third-order valence-electron chi connectivity index (χ3n) is 2.88. The number of methoxy groups -OCH3 is 1. The van der Waals surface area contributed by atoms with Gasteiger partial charge < -0.3 is 14.4 Å². The molecule has 0 N–H and O–H groups in total. The Morgan fingerprint density at radius 1 is 1.50 bits per heavy atom. The molecule has 0 aromatic heterocycles. The minimum absolute atomic E-state index is 0.0785. The molecule has 2 rings (SSSR count). The topological polar surface area (TPSA) is 38.8 Å². The number of carbonyl (C=O) groups excluding carboxylic acids is 1. The van der Waals surface area contributed by atoms with Gasteiger partial charge in [-0.2, -0.15) is 13.2 Å². The zero-order chi connectivity index (χ0) is 14.9. The lowest BCUT2D eigenvalue weighted by atomic mass is 10.1. The van der Waals surface area contributed by atoms with E-state index in [1.807, 2.05) is 0 Å². The second-order valence-electron chi connectivity index (χ2n) is 4.56. The maximum absolute atomic E-state index is 12.4. The summed E-state index contributed by atoms with van der Waals surface area (Å²) in [6, 6.07) is 4.70. The van der Waals surface area contributed by atoms with Crippen LogP contribution in [0.5, 0.6) is 11.5 Å². The number of amides is 1. The van der Waals surface area contributed by atoms with E-state index in [0.29, 0.717) is 17.2 Å². The van der Waals surface area contributed by atoms with Crippen LogP contribution >= 0.6 is 0 Å². The summed E-state index contributed by atoms with van der Waals surface area (Å²) in [6.07, 6.45) is -6.39. The summed E-state index contributed by atoms with van der Waals surface area (Å²) in [7, 11) is 1.44. The molecular weight excluding hydrogens is 275 g/mol. The van der Waals surface area contributed by atoms with Gasteiger partial charge in [-0.15, -0.1) is 0 Å². The molecule has 7 heteroatoms. The maximum Gasteiger partial charge on any atom is 0.397 e. The summed E-state index contributed by atoms with van der Waals surface area (Å²) >= 11 is 0. The van der Waals surface area contributed by atoms with Crippen LogP contribution in [0.15, 0.2) is 18.2 Å². The predicted molar refractivity (Wildman–Crippen MR) is 66.1 cm³/mol. The van der Waals surface area contributed by atoms with Crippen molar-refractivity contribution in [2.24, 2.45) is 0 Å². The first-order valence-corrected chi connectivity index (χ1v) is 6.02. The zero-order valence-corrected chi connectivity index (χ0v) is 11.0. The molecule has 0 saturated carbocycles. The van der Waals surface area contributed by atoms with Gasteiger partial charge in [-0.3, -0.25) is 4.79 Å². The summed E-state index contributed by atoms with van der Waals surface area (Å²) < 4.78 is 47.7. The number of carbonyl (C=O) groups is 1. The van der Waals surface area contributed by atoms with Gasteiger partial charge in [-0.1, -0.05) is 0 Å². The minimum Gasteiger partial charge on any atom is -0.497 e. The number of ether oxygens (including phenoxy) is 2. The first-order valence-electron chi connectivity index (χ1n) is 6.02. The second kappa shape index (κ2) is 5.22. The number of alkyl halides is 3. The van der Waals surface area contributed by atoms with Gasteiger partial charge in [-0.25, -0.2) is 0 Å². The van der Waals surface area contributed by atoms with E-state index in [9.17, 15) is 18.0 Å². The van der Waals surface area contributed by atoms with Crippen molar-refractivity contribution in [3.8, 4) is 11.5 Å². The molecule has 0 radical (unpaired) electrons. The maximum atomic E-state index is 12.4. The quantitative estimate of drug-likeness (QED) is 0.840. The third kappa shape index (κ3) is 3.15. The Balaban J connectivity index is 2.33. The van der Waals surface area contributed by atoms with E-state index in [1.165, 1.54) is 13.2 Å². The van der Waals surface area contributed by atoms with Crippen LogP contribution in [-0.2, 0) is 4.79 Å². The van der Waals surface area contributed by atoms with E-state index in [2.05, 4.69) is 0 Å². The molecule has 4 nitrogen and oxygen atoms in total. The number of rotatable bonds is 2. The van der Waals surface area contributed by atoms with Gasteiger partial charge in [0.1, 0.15) is 24.0 Å². The van der Waals surface area contributed by atoms with Crippen LogP contribution in [-0.4, -0.2) is 31.8 Å². The van der Waals surface area contributed by atoms with Crippen LogP contribution < -0.4 is 14.4 Å². The molecule has 0 aliphatic carbocycles. The number of nitrogens with zero attached hydrogens (tertiary/aromatic N) is 1. The summed E-state index contributed by atoms with van der Waals surface area (Å²) in [5.74, 6) is -0.172. The normalized spacial score (nSPS) is 18.2. The minimum atomic E-state index is -4.53. The highest BCUT2D eigenvalue weighted by Crippen LogP contribution is 2.37. The first-order chi connectivity index (χ1) is 9.30. The van der Waals surface area contributed by atoms with Crippen LogP contribution in [0, 0.1) is 0 Å². The van der Waals surface area contributed by atoms with E-state index in [4.69, 9.17) is 9.47 Å². The number of hydrogen-bond donors (Lipinski definition) is 0. The van der Waals surface area contributed by atoms with Gasteiger partial charge in [0, 0.05) is 6.07 Å². The molecule has 1 aliphatic rings. The Hall–Kier alpha value is -1.92. The molecule has 20 heavy (non-hydrogen) atoms. The fraction of sp³-hybridized carbons (Fsp3) is 0.462. The Morgan fingerprint density at radius 2 is 2.20 bits per heavy atom. The van der Waals surface area contributed by atoms with Crippen molar-refractivity contribution >= 4 is 11.6 Å². The number of fused-ring (bicyclic) bond motifs is 1. The van der Waals surface area contributed by atoms with Crippen LogP contribution in [0.4, 0.5) is 18.9 Å². The Labute approximate surface area is 114 Å². The highest BCUT2D eigenvalue weighted by atomic mass is 19.4. The lowest BCUT2D eigenvalue weighted by Gasteiger charge is -2.33. The molecule has 1 aromatic carbocycles. The van der Waals surface area contributed by atoms with Crippen molar-refractivity contribution in [3.63, 3.8) is 0 Å². The number of halogens is 3. The molecule has 1 heterocycles. The van der Waals surface area contributed by atoms with Crippen molar-refractivity contribution in [3.05, 3.63) is 18.2 Å². The van der Waals surface area contributed by atoms with Gasteiger partial charge in [0.05, 0.1) is 19.3 Å². The average molecular weight is 289 g/mol. The molecule has 1 atom stereocenters. The van der Waals surface area contributed by atoms with Gasteiger partial charge in [-0.05, 0) is 19.1 Å². The standard InChI is InChI=1S/C13H14F3NO3/c1-8-7-17(12(18)6-13(14,15)16)10-5-9(19-2)3-4-11(10)20-8/h3-5,8H,6-7H2,1-2H3. The summed E-state index contributed by atoms with van der Waals surface area (Å²) in [5, 5.41) is 0. The highest BCUT2D eigenvalue weighted by molar-refractivity contribution is 5.96. The predicted octanol–water partition coefficient (Wildman–Crippen LogP) is 2.76. The lowest BCUT2D eigenvalue weighted by molar-refractivity contribution is -0.152. The van der Waals surface area contributed by atoms with Gasteiger partial charge >= 0.3 is 6.18 Å². The molecule has 1 unspecified atom stereocenters. The van der Waals surface area contributed by atoms with Crippen molar-refractivity contribution in [2.75, 3.05) is 18.6 Å². The first kappa shape index (κ1) is 14.5. The smallest absolute Gasteiger partial charge is 0.397 e. The second-order valence-corrected chi connectivity index (χ2v) is 4.56. The highest BCUT2D eigenvalue weighted by Gasteiger charge is 2.36. The zero-order valence-electron chi connectivity index (χ0n) is 11.0. The Bertz CT molecular complexity index is 516. The van der Waals surface area contributed by atoms with Crippen molar-refractivity contribution in [1.29, 1.82) is 0 Å². The molecular formula is C13H14F3NO3. The molecule has 0 bridgehead atoms. The molecule has 110 valence electrons. The Morgan fingerprint density at radius 3 is 2.80 bits per heavy atom. The van der Waals surface area contributed by atoms with Crippen LogP contribution in [0.25, 0.3) is 0 Å². The van der Waals surface area contributed by atoms with Gasteiger partial charge in [0.15, 0.2) is 0 Å². The summed E-state index contributed by atoms with van der Waals surface area (Å²) in [4.78, 5) is 12.9. The van der Waals surface area contributed by atoms with Crippen molar-refractivity contribution in [1.82, 2.24) is 0 Å². The van der Waals surface area contributed by atoms with E-state index < -0.39 is 18.5 Å². The largest absolute Gasteiger partial charge is 0.497 e. The Kier molecular flexibility index (Phi) is 3.78. The molecule has 0 saturated heterocycles. The van der Waals surface area contributed by atoms with Crippen LogP contribution in [0.1, 0.15) is 13.3 Å². The number of benzene rings is 1. The van der Waals surface area contributed by atoms with Gasteiger partial charge in [0.2, 0.25) is 5.91 Å². The van der Waals surface area contributed by atoms with E-state index in [0.717, 1.165) is 4.90 Å². The summed E-state index contributed by atoms with van der Waals surface area (Å²) in [6.45, 7) is 1.77. The molecule has 1 amide bonds. The van der Waals surface area contributed by atoms with Gasteiger partial charge in [0.25, 0.3) is 0 Å². The average Bonchev–Trinajstić information content (AvgIpc) is 2.35. The van der Waals surface area contributed by atoms with E-state index in [1.54, 1.807) is 19.1 Å². The van der Waals surface area contributed by atoms with E-state index >= 15 is 0 Å². The SMILES string of the molecule is COc1ccc2c(c1)N(C(=O)CC(F)(F)F)CC(C)O2. The fourth-order valence-electron chi connectivity index (χ4n) is 2.05.